The van der Waals surface area contributed by atoms with Gasteiger partial charge in [0, 0.05) is 41.4 Å². The number of nitrogens with one attached hydrogen (secondary N) is 1. The highest BCUT2D eigenvalue weighted by molar-refractivity contribution is 7.85. The molecule has 5 heteroatoms. The first-order valence-corrected chi connectivity index (χ1v) is 9.31. The molecule has 0 aromatic carbocycles. The lowest BCUT2D eigenvalue weighted by atomic mass is 9.85. The van der Waals surface area contributed by atoms with Crippen molar-refractivity contribution in [2.45, 2.75) is 51.1 Å². The van der Waals surface area contributed by atoms with Crippen LogP contribution in [-0.4, -0.2) is 51.8 Å². The molecule has 0 aromatic heterocycles. The molecule has 0 bridgehead atoms. The van der Waals surface area contributed by atoms with Crippen molar-refractivity contribution in [1.82, 2.24) is 10.2 Å². The van der Waals surface area contributed by atoms with Crippen LogP contribution in [-0.2, 0) is 10.8 Å². The summed E-state index contributed by atoms with van der Waals surface area (Å²) in [7, 11) is -0.597. The molecule has 0 amide bonds. The maximum Gasteiger partial charge on any atom is 0.109 e. The summed E-state index contributed by atoms with van der Waals surface area (Å²) < 4.78 is 11.4. The van der Waals surface area contributed by atoms with E-state index in [1.165, 1.54) is 0 Å². The van der Waals surface area contributed by atoms with Gasteiger partial charge in [-0.3, -0.25) is 9.53 Å². The summed E-state index contributed by atoms with van der Waals surface area (Å²) >= 11 is 0. The quantitative estimate of drug-likeness (QED) is 0.835. The van der Waals surface area contributed by atoms with Gasteiger partial charge in [0.15, 0.2) is 0 Å². The maximum absolute atomic E-state index is 11.4. The number of hydrogen-bond donors (Lipinski definition) is 1. The Kier molecular flexibility index (Phi) is 5.59. The topological polar surface area (TPSA) is 56.1 Å². The van der Waals surface area contributed by atoms with E-state index in [-0.39, 0.29) is 5.54 Å². The highest BCUT2D eigenvalue weighted by atomic mass is 32.2. The average molecular weight is 297 g/mol. The summed E-state index contributed by atoms with van der Waals surface area (Å²) in [4.78, 5) is 2.41. The lowest BCUT2D eigenvalue weighted by Crippen LogP contribution is -2.51. The Morgan fingerprint density at radius 3 is 2.75 bits per heavy atom. The van der Waals surface area contributed by atoms with Gasteiger partial charge in [-0.2, -0.15) is 5.26 Å². The van der Waals surface area contributed by atoms with Crippen LogP contribution < -0.4 is 5.32 Å². The molecule has 1 saturated heterocycles. The molecule has 0 aromatic rings. The Balaban J connectivity index is 1.87. The van der Waals surface area contributed by atoms with Gasteiger partial charge in [-0.15, -0.1) is 0 Å². The van der Waals surface area contributed by atoms with Gasteiger partial charge >= 0.3 is 0 Å². The molecule has 1 heterocycles. The van der Waals surface area contributed by atoms with Crippen molar-refractivity contribution in [1.29, 1.82) is 5.26 Å². The molecule has 114 valence electrons. The van der Waals surface area contributed by atoms with Crippen molar-refractivity contribution < 1.29 is 4.21 Å². The number of nitrogens with zero attached hydrogens (tertiary/aromatic N) is 2. The largest absolute Gasteiger partial charge is 0.301 e. The molecule has 1 aliphatic heterocycles. The fraction of sp³-hybridized carbons (Fsp3) is 0.933. The van der Waals surface area contributed by atoms with Crippen LogP contribution in [0.4, 0.5) is 0 Å². The first kappa shape index (κ1) is 15.9. The van der Waals surface area contributed by atoms with E-state index in [0.717, 1.165) is 56.8 Å². The van der Waals surface area contributed by atoms with E-state index in [1.807, 2.05) is 0 Å². The Bertz CT molecular complexity index is 383. The van der Waals surface area contributed by atoms with Crippen LogP contribution >= 0.6 is 0 Å². The van der Waals surface area contributed by atoms with Crippen molar-refractivity contribution in [3.63, 3.8) is 0 Å². The molecule has 4 nitrogen and oxygen atoms in total. The summed E-state index contributed by atoms with van der Waals surface area (Å²) in [6.45, 7) is 7.20. The minimum absolute atomic E-state index is 0.313. The zero-order chi connectivity index (χ0) is 14.6. The van der Waals surface area contributed by atoms with Crippen LogP contribution in [0.1, 0.15) is 39.5 Å². The van der Waals surface area contributed by atoms with Crippen LogP contribution in [0.2, 0.25) is 0 Å². The predicted octanol–water partition coefficient (Wildman–Crippen LogP) is 1.50. The zero-order valence-corrected chi connectivity index (χ0v) is 13.5. The second kappa shape index (κ2) is 7.02. The third-order valence-electron chi connectivity index (χ3n) is 4.63. The van der Waals surface area contributed by atoms with Gasteiger partial charge in [-0.25, -0.2) is 0 Å². The third-order valence-corrected chi connectivity index (χ3v) is 5.91. The van der Waals surface area contributed by atoms with Gasteiger partial charge < -0.3 is 4.90 Å². The van der Waals surface area contributed by atoms with Crippen LogP contribution in [0.5, 0.6) is 0 Å². The first-order valence-electron chi connectivity index (χ1n) is 7.82. The fourth-order valence-electron chi connectivity index (χ4n) is 3.59. The van der Waals surface area contributed by atoms with Crippen LogP contribution in [0.3, 0.4) is 0 Å². The summed E-state index contributed by atoms with van der Waals surface area (Å²) in [5.41, 5.74) is -0.313. The number of rotatable bonds is 5. The molecule has 0 radical (unpaired) electrons. The van der Waals surface area contributed by atoms with E-state index in [9.17, 15) is 9.47 Å². The van der Waals surface area contributed by atoms with E-state index in [2.05, 4.69) is 30.1 Å². The molecule has 2 fully saturated rings. The summed E-state index contributed by atoms with van der Waals surface area (Å²) in [6.07, 6.45) is 4.38. The Labute approximate surface area is 125 Å². The van der Waals surface area contributed by atoms with E-state index >= 15 is 0 Å². The van der Waals surface area contributed by atoms with Crippen LogP contribution in [0, 0.1) is 17.2 Å². The van der Waals surface area contributed by atoms with Crippen LogP contribution in [0.25, 0.3) is 0 Å². The molecular formula is C15H27N3OS. The van der Waals surface area contributed by atoms with Crippen molar-refractivity contribution in [3.05, 3.63) is 0 Å². The molecule has 20 heavy (non-hydrogen) atoms. The molecule has 1 aliphatic carbocycles. The molecule has 1 saturated carbocycles. The van der Waals surface area contributed by atoms with Gasteiger partial charge in [0.05, 0.1) is 6.07 Å². The number of hydrogen-bond acceptors (Lipinski definition) is 4. The molecule has 2 unspecified atom stereocenters. The highest BCUT2D eigenvalue weighted by Gasteiger charge is 2.43. The maximum atomic E-state index is 11.4. The zero-order valence-electron chi connectivity index (χ0n) is 12.7. The SMILES string of the molecule is CC(C)NC1(C#N)CCCC1CCN1CCS(=O)CC1. The minimum Gasteiger partial charge on any atom is -0.301 e. The first-order chi connectivity index (χ1) is 9.55. The number of nitriles is 1. The summed E-state index contributed by atoms with van der Waals surface area (Å²) in [6, 6.07) is 2.93. The molecular weight excluding hydrogens is 270 g/mol. The Morgan fingerprint density at radius 1 is 1.45 bits per heavy atom. The minimum atomic E-state index is -0.597. The van der Waals surface area contributed by atoms with Gasteiger partial charge in [0.1, 0.15) is 5.54 Å². The smallest absolute Gasteiger partial charge is 0.109 e. The summed E-state index contributed by atoms with van der Waals surface area (Å²) in [5, 5.41) is 13.2. The predicted molar refractivity (Wildman–Crippen MR) is 82.9 cm³/mol. The standard InChI is InChI=1S/C15H27N3OS/c1-13(2)17-15(12-16)6-3-4-14(15)5-7-18-8-10-20(19)11-9-18/h13-14,17H,3-11H2,1-2H3. The molecule has 0 spiro atoms. The second-order valence-electron chi connectivity index (χ2n) is 6.45. The average Bonchev–Trinajstić information content (AvgIpc) is 2.81. The Morgan fingerprint density at radius 2 is 2.15 bits per heavy atom. The molecule has 2 aliphatic rings. The lowest BCUT2D eigenvalue weighted by Gasteiger charge is -2.34. The van der Waals surface area contributed by atoms with Gasteiger partial charge in [-0.05, 0) is 45.6 Å². The second-order valence-corrected chi connectivity index (χ2v) is 8.15. The van der Waals surface area contributed by atoms with Crippen molar-refractivity contribution in [2.75, 3.05) is 31.1 Å². The monoisotopic (exact) mass is 297 g/mol. The highest BCUT2D eigenvalue weighted by Crippen LogP contribution is 2.38. The van der Waals surface area contributed by atoms with E-state index in [1.54, 1.807) is 0 Å². The molecule has 2 atom stereocenters. The van der Waals surface area contributed by atoms with E-state index in [0.29, 0.717) is 12.0 Å². The van der Waals surface area contributed by atoms with Gasteiger partial charge in [0.25, 0.3) is 0 Å². The van der Waals surface area contributed by atoms with Crippen molar-refractivity contribution in [3.8, 4) is 6.07 Å². The lowest BCUT2D eigenvalue weighted by molar-refractivity contribution is 0.227. The van der Waals surface area contributed by atoms with E-state index in [4.69, 9.17) is 0 Å². The van der Waals surface area contributed by atoms with E-state index < -0.39 is 10.8 Å². The van der Waals surface area contributed by atoms with Crippen molar-refractivity contribution >= 4 is 10.8 Å². The van der Waals surface area contributed by atoms with Crippen LogP contribution in [0.15, 0.2) is 0 Å². The fourth-order valence-corrected chi connectivity index (χ4v) is 4.72. The third kappa shape index (κ3) is 3.81. The Hall–Kier alpha value is -0.440. The van der Waals surface area contributed by atoms with Crippen molar-refractivity contribution in [2.24, 2.45) is 5.92 Å². The summed E-state index contributed by atoms with van der Waals surface area (Å²) in [5.74, 6) is 2.10. The molecule has 1 N–H and O–H groups in total. The molecule has 2 rings (SSSR count). The normalized spacial score (nSPS) is 32.6. The van der Waals surface area contributed by atoms with Gasteiger partial charge in [-0.1, -0.05) is 6.42 Å². The van der Waals surface area contributed by atoms with Gasteiger partial charge in [0.2, 0.25) is 0 Å².